The van der Waals surface area contributed by atoms with Crippen LogP contribution in [0.3, 0.4) is 0 Å². The molecule has 2 heterocycles. The van der Waals surface area contributed by atoms with E-state index in [2.05, 4.69) is 22.5 Å². The summed E-state index contributed by atoms with van der Waals surface area (Å²) in [6.45, 7) is 15.8. The van der Waals surface area contributed by atoms with Crippen molar-refractivity contribution in [1.82, 2.24) is 18.4 Å². The van der Waals surface area contributed by atoms with Crippen LogP contribution in [0, 0.1) is 11.8 Å². The molecule has 2 aliphatic rings. The van der Waals surface area contributed by atoms with Gasteiger partial charge in [0, 0.05) is 63.7 Å². The van der Waals surface area contributed by atoms with E-state index in [-0.39, 0.29) is 68.1 Å². The number of allylic oxidation sites excluding steroid dienone is 1. The zero-order chi connectivity index (χ0) is 41.9. The van der Waals surface area contributed by atoms with Crippen molar-refractivity contribution in [2.45, 2.75) is 76.4 Å². The first-order valence-corrected chi connectivity index (χ1v) is 20.8. The van der Waals surface area contributed by atoms with Gasteiger partial charge in [-0.05, 0) is 116 Å². The van der Waals surface area contributed by atoms with Gasteiger partial charge in [0.25, 0.3) is 5.91 Å². The number of amides is 4. The molecule has 2 aromatic rings. The summed E-state index contributed by atoms with van der Waals surface area (Å²) in [4.78, 5) is 50.5. The first-order chi connectivity index (χ1) is 26.1. The molecule has 4 amide bonds. The highest BCUT2D eigenvalue weighted by atomic mass is 32.2. The van der Waals surface area contributed by atoms with Gasteiger partial charge in [-0.15, -0.1) is 0 Å². The lowest BCUT2D eigenvalue weighted by Crippen LogP contribution is -2.51. The standard InChI is InChI=1S/C19H27N3O5S.C19H25N3O5S/c2*1-5-6-17(23)20-15-7-9-16(10-8-15)28(25,26)22-13-11-21(12-14-22)18(24)27-19(2,3)4/h5-10H,11-14H2,1-4H3,(H,20,23);7-10H,11-14H2,1-4H3,(H,20,23). The molecule has 4 rings (SSSR count). The number of nitrogens with one attached hydrogen (secondary N) is 2. The Bertz CT molecular complexity index is 2010. The highest BCUT2D eigenvalue weighted by Crippen LogP contribution is 2.23. The molecule has 2 fully saturated rings. The minimum Gasteiger partial charge on any atom is -0.444 e. The lowest BCUT2D eigenvalue weighted by atomic mass is 10.2. The molecular weight excluding hydrogens is 765 g/mol. The van der Waals surface area contributed by atoms with E-state index in [0.29, 0.717) is 11.4 Å². The number of piperazine rings is 2. The van der Waals surface area contributed by atoms with Gasteiger partial charge in [0.05, 0.1) is 9.79 Å². The molecule has 0 spiro atoms. The lowest BCUT2D eigenvalue weighted by molar-refractivity contribution is -0.112. The predicted octanol–water partition coefficient (Wildman–Crippen LogP) is 4.33. The van der Waals surface area contributed by atoms with Crippen molar-refractivity contribution < 1.29 is 45.5 Å². The molecule has 0 radical (unpaired) electrons. The maximum atomic E-state index is 12.8. The summed E-state index contributed by atoms with van der Waals surface area (Å²) < 4.78 is 64.6. The molecular formula is C38H52N6O10S2. The highest BCUT2D eigenvalue weighted by Gasteiger charge is 2.33. The van der Waals surface area contributed by atoms with E-state index in [1.54, 1.807) is 73.6 Å². The van der Waals surface area contributed by atoms with E-state index in [0.717, 1.165) is 0 Å². The molecule has 2 aromatic carbocycles. The molecule has 0 saturated carbocycles. The number of anilines is 2. The molecule has 56 heavy (non-hydrogen) atoms. The summed E-state index contributed by atoms with van der Waals surface area (Å²) in [7, 11) is -7.36. The number of nitrogens with zero attached hydrogens (tertiary/aromatic N) is 4. The molecule has 18 heteroatoms. The van der Waals surface area contributed by atoms with Crippen molar-refractivity contribution in [3.05, 3.63) is 60.7 Å². The van der Waals surface area contributed by atoms with Crippen LogP contribution in [0.25, 0.3) is 0 Å². The SMILES string of the molecule is CC#CC(=O)Nc1ccc(S(=O)(=O)N2CCN(C(=O)OC(C)(C)C)CC2)cc1.CC=CC(=O)Nc1ccc(S(=O)(=O)N2CCN(C(=O)OC(C)(C)C)CC2)cc1. The molecule has 306 valence electrons. The molecule has 16 nitrogen and oxygen atoms in total. The Morgan fingerprint density at radius 3 is 1.30 bits per heavy atom. The van der Waals surface area contributed by atoms with Crippen LogP contribution < -0.4 is 10.6 Å². The number of benzene rings is 2. The number of sulfonamides is 2. The summed E-state index contributed by atoms with van der Waals surface area (Å²) in [6.07, 6.45) is 2.12. The molecule has 0 unspecified atom stereocenters. The Kier molecular flexibility index (Phi) is 15.6. The van der Waals surface area contributed by atoms with Crippen LogP contribution in [-0.4, -0.2) is 123 Å². The molecule has 2 N–H and O–H groups in total. The van der Waals surface area contributed by atoms with Crippen LogP contribution in [-0.2, 0) is 39.1 Å². The summed E-state index contributed by atoms with van der Waals surface area (Å²) in [5.74, 6) is 4.09. The summed E-state index contributed by atoms with van der Waals surface area (Å²) in [5, 5.41) is 5.20. The van der Waals surface area contributed by atoms with E-state index >= 15 is 0 Å². The van der Waals surface area contributed by atoms with Crippen LogP contribution in [0.15, 0.2) is 70.5 Å². The van der Waals surface area contributed by atoms with Crippen molar-refractivity contribution in [2.75, 3.05) is 63.0 Å². The van der Waals surface area contributed by atoms with Crippen LogP contribution in [0.5, 0.6) is 0 Å². The fourth-order valence-corrected chi connectivity index (χ4v) is 8.05. The Balaban J connectivity index is 0.000000300. The van der Waals surface area contributed by atoms with Crippen molar-refractivity contribution in [3.8, 4) is 11.8 Å². The number of carbonyl (C=O) groups is 4. The fraction of sp³-hybridized carbons (Fsp3) is 0.474. The Morgan fingerprint density at radius 1 is 0.625 bits per heavy atom. The third-order valence-corrected chi connectivity index (χ3v) is 11.7. The summed E-state index contributed by atoms with van der Waals surface area (Å²) in [5.41, 5.74) is -0.219. The van der Waals surface area contributed by atoms with Crippen LogP contribution in [0.4, 0.5) is 21.0 Å². The zero-order valence-electron chi connectivity index (χ0n) is 33.1. The van der Waals surface area contributed by atoms with Gasteiger partial charge in [-0.3, -0.25) is 9.59 Å². The van der Waals surface area contributed by atoms with E-state index in [4.69, 9.17) is 9.47 Å². The number of hydrogen-bond acceptors (Lipinski definition) is 10. The molecule has 0 atom stereocenters. The summed E-state index contributed by atoms with van der Waals surface area (Å²) in [6, 6.07) is 11.9. The molecule has 0 aliphatic carbocycles. The van der Waals surface area contributed by atoms with Gasteiger partial charge < -0.3 is 29.9 Å². The average Bonchev–Trinajstić information content (AvgIpc) is 3.11. The number of hydrogen-bond donors (Lipinski definition) is 2. The third kappa shape index (κ3) is 13.7. The maximum Gasteiger partial charge on any atom is 0.410 e. The van der Waals surface area contributed by atoms with Crippen LogP contribution >= 0.6 is 0 Å². The second-order valence-corrected chi connectivity index (χ2v) is 18.5. The van der Waals surface area contributed by atoms with E-state index in [1.807, 2.05) is 0 Å². The van der Waals surface area contributed by atoms with Gasteiger partial charge in [-0.25, -0.2) is 26.4 Å². The topological polar surface area (TPSA) is 192 Å². The van der Waals surface area contributed by atoms with E-state index in [9.17, 15) is 36.0 Å². The molecule has 2 saturated heterocycles. The Labute approximate surface area is 330 Å². The van der Waals surface area contributed by atoms with Gasteiger partial charge in [-0.1, -0.05) is 12.0 Å². The Morgan fingerprint density at radius 2 is 0.982 bits per heavy atom. The highest BCUT2D eigenvalue weighted by molar-refractivity contribution is 7.89. The predicted molar refractivity (Wildman–Crippen MR) is 212 cm³/mol. The minimum absolute atomic E-state index is 0.123. The Hall–Kier alpha value is -4.96. The van der Waals surface area contributed by atoms with Crippen molar-refractivity contribution >= 4 is 55.4 Å². The van der Waals surface area contributed by atoms with E-state index < -0.39 is 49.3 Å². The molecule has 0 bridgehead atoms. The fourth-order valence-electron chi connectivity index (χ4n) is 5.20. The number of rotatable bonds is 7. The second kappa shape index (κ2) is 19.3. The zero-order valence-corrected chi connectivity index (χ0v) is 34.8. The van der Waals surface area contributed by atoms with E-state index in [1.165, 1.54) is 60.9 Å². The quantitative estimate of drug-likeness (QED) is 0.300. The van der Waals surface area contributed by atoms with Crippen LogP contribution in [0.2, 0.25) is 0 Å². The third-order valence-electron chi connectivity index (χ3n) is 7.85. The van der Waals surface area contributed by atoms with Gasteiger partial charge in [-0.2, -0.15) is 8.61 Å². The summed E-state index contributed by atoms with van der Waals surface area (Å²) >= 11 is 0. The maximum absolute atomic E-state index is 12.8. The van der Waals surface area contributed by atoms with Gasteiger partial charge >= 0.3 is 12.2 Å². The second-order valence-electron chi connectivity index (χ2n) is 14.6. The smallest absolute Gasteiger partial charge is 0.410 e. The van der Waals surface area contributed by atoms with Crippen molar-refractivity contribution in [1.29, 1.82) is 0 Å². The van der Waals surface area contributed by atoms with Crippen molar-refractivity contribution in [2.24, 2.45) is 0 Å². The van der Waals surface area contributed by atoms with Crippen molar-refractivity contribution in [3.63, 3.8) is 0 Å². The van der Waals surface area contributed by atoms with Gasteiger partial charge in [0.2, 0.25) is 26.0 Å². The number of ether oxygens (including phenoxy) is 2. The first kappa shape index (κ1) is 45.4. The number of carbonyl (C=O) groups excluding carboxylic acids is 4. The largest absolute Gasteiger partial charge is 0.444 e. The monoisotopic (exact) mass is 816 g/mol. The lowest BCUT2D eigenvalue weighted by Gasteiger charge is -2.35. The molecule has 0 aromatic heterocycles. The average molecular weight is 817 g/mol. The van der Waals surface area contributed by atoms with Gasteiger partial charge in [0.1, 0.15) is 11.2 Å². The normalized spacial score (nSPS) is 15.8. The van der Waals surface area contributed by atoms with Crippen LogP contribution in [0.1, 0.15) is 55.4 Å². The minimum atomic E-state index is -3.69. The first-order valence-electron chi connectivity index (χ1n) is 17.9. The van der Waals surface area contributed by atoms with Gasteiger partial charge in [0.15, 0.2) is 0 Å². The molecule has 2 aliphatic heterocycles.